The van der Waals surface area contributed by atoms with Crippen molar-refractivity contribution in [2.45, 2.75) is 65.2 Å². The lowest BCUT2D eigenvalue weighted by Gasteiger charge is -2.35. The van der Waals surface area contributed by atoms with E-state index in [-0.39, 0.29) is 12.1 Å². The van der Waals surface area contributed by atoms with Crippen LogP contribution in [0.15, 0.2) is 24.3 Å². The number of nitrogens with two attached hydrogens (primary N) is 1. The van der Waals surface area contributed by atoms with Crippen molar-refractivity contribution < 1.29 is 4.74 Å². The third kappa shape index (κ3) is 4.07. The van der Waals surface area contributed by atoms with Gasteiger partial charge in [-0.2, -0.15) is 0 Å². The van der Waals surface area contributed by atoms with E-state index in [0.717, 1.165) is 11.8 Å². The van der Waals surface area contributed by atoms with Crippen LogP contribution in [0.3, 0.4) is 0 Å². The van der Waals surface area contributed by atoms with E-state index in [1.165, 1.54) is 30.4 Å². The zero-order chi connectivity index (χ0) is 14.7. The van der Waals surface area contributed by atoms with Gasteiger partial charge in [0.1, 0.15) is 0 Å². The molecule has 4 atom stereocenters. The molecule has 0 aromatic heterocycles. The zero-order valence-electron chi connectivity index (χ0n) is 13.3. The number of benzene rings is 1. The minimum atomic E-state index is 0.0121. The molecule has 1 saturated carbocycles. The Labute approximate surface area is 123 Å². The summed E-state index contributed by atoms with van der Waals surface area (Å²) < 4.78 is 6.39. The van der Waals surface area contributed by atoms with E-state index in [0.29, 0.717) is 6.10 Å². The molecule has 1 aromatic carbocycles. The second kappa shape index (κ2) is 6.73. The maximum absolute atomic E-state index is 6.39. The van der Waals surface area contributed by atoms with Gasteiger partial charge in [0, 0.05) is 6.04 Å². The molecule has 112 valence electrons. The van der Waals surface area contributed by atoms with E-state index >= 15 is 0 Å². The molecule has 2 nitrogen and oxygen atoms in total. The maximum atomic E-state index is 6.39. The van der Waals surface area contributed by atoms with Crippen molar-refractivity contribution in [3.8, 4) is 0 Å². The van der Waals surface area contributed by atoms with Crippen LogP contribution in [-0.4, -0.2) is 12.1 Å². The monoisotopic (exact) mass is 275 g/mol. The predicted molar refractivity (Wildman–Crippen MR) is 84.6 cm³/mol. The average Bonchev–Trinajstić information content (AvgIpc) is 2.36. The summed E-state index contributed by atoms with van der Waals surface area (Å²) in [6, 6.07) is 8.60. The van der Waals surface area contributed by atoms with E-state index in [9.17, 15) is 0 Å². The van der Waals surface area contributed by atoms with Crippen molar-refractivity contribution in [1.82, 2.24) is 0 Å². The van der Waals surface area contributed by atoms with Gasteiger partial charge in [-0.15, -0.1) is 0 Å². The van der Waals surface area contributed by atoms with Gasteiger partial charge in [-0.1, -0.05) is 43.7 Å². The van der Waals surface area contributed by atoms with E-state index in [1.54, 1.807) is 0 Å². The van der Waals surface area contributed by atoms with Crippen molar-refractivity contribution in [3.05, 3.63) is 35.4 Å². The van der Waals surface area contributed by atoms with Crippen molar-refractivity contribution >= 4 is 0 Å². The van der Waals surface area contributed by atoms with Gasteiger partial charge < -0.3 is 10.5 Å². The summed E-state index contributed by atoms with van der Waals surface area (Å²) in [4.78, 5) is 0. The van der Waals surface area contributed by atoms with Crippen molar-refractivity contribution in [2.75, 3.05) is 0 Å². The van der Waals surface area contributed by atoms with Crippen LogP contribution >= 0.6 is 0 Å². The maximum Gasteiger partial charge on any atom is 0.0976 e. The minimum Gasteiger partial charge on any atom is -0.369 e. The first-order valence-electron chi connectivity index (χ1n) is 7.93. The standard InChI is InChI=1S/C18H29NO/c1-12-5-7-16(8-6-12)18(15(4)19)20-17-10-13(2)9-14(3)11-17/h5-8,13-15,17-18H,9-11,19H2,1-4H3. The lowest BCUT2D eigenvalue weighted by Crippen LogP contribution is -2.34. The van der Waals surface area contributed by atoms with Crippen LogP contribution in [0.25, 0.3) is 0 Å². The summed E-state index contributed by atoms with van der Waals surface area (Å²) in [5, 5.41) is 0. The van der Waals surface area contributed by atoms with Crippen LogP contribution < -0.4 is 5.73 Å². The molecule has 2 rings (SSSR count). The Morgan fingerprint density at radius 2 is 1.60 bits per heavy atom. The van der Waals surface area contributed by atoms with Gasteiger partial charge in [-0.05, 0) is 50.5 Å². The normalized spacial score (nSPS) is 29.9. The lowest BCUT2D eigenvalue weighted by atomic mass is 9.81. The third-order valence-corrected chi connectivity index (χ3v) is 4.36. The van der Waals surface area contributed by atoms with Crippen molar-refractivity contribution in [2.24, 2.45) is 17.6 Å². The fraction of sp³-hybridized carbons (Fsp3) is 0.667. The van der Waals surface area contributed by atoms with Gasteiger partial charge >= 0.3 is 0 Å². The molecular weight excluding hydrogens is 246 g/mol. The van der Waals surface area contributed by atoms with Gasteiger partial charge in [0.2, 0.25) is 0 Å². The van der Waals surface area contributed by atoms with Gasteiger partial charge in [-0.25, -0.2) is 0 Å². The Balaban J connectivity index is 2.07. The summed E-state index contributed by atoms with van der Waals surface area (Å²) in [5.41, 5.74) is 8.65. The predicted octanol–water partition coefficient (Wildman–Crippen LogP) is 4.22. The molecule has 0 aliphatic heterocycles. The molecule has 0 heterocycles. The first-order valence-corrected chi connectivity index (χ1v) is 7.93. The van der Waals surface area contributed by atoms with E-state index < -0.39 is 0 Å². The van der Waals surface area contributed by atoms with Crippen LogP contribution in [0, 0.1) is 18.8 Å². The Morgan fingerprint density at radius 3 is 2.10 bits per heavy atom. The van der Waals surface area contributed by atoms with Gasteiger partial charge in [-0.3, -0.25) is 0 Å². The van der Waals surface area contributed by atoms with Gasteiger partial charge in [0.15, 0.2) is 0 Å². The first-order chi connectivity index (χ1) is 9.45. The van der Waals surface area contributed by atoms with E-state index in [2.05, 4.69) is 45.0 Å². The van der Waals surface area contributed by atoms with Gasteiger partial charge in [0.05, 0.1) is 12.2 Å². The highest BCUT2D eigenvalue weighted by Gasteiger charge is 2.28. The van der Waals surface area contributed by atoms with Crippen LogP contribution in [0.1, 0.15) is 57.3 Å². The van der Waals surface area contributed by atoms with Crippen LogP contribution in [0.5, 0.6) is 0 Å². The summed E-state index contributed by atoms with van der Waals surface area (Å²) in [6.07, 6.45) is 4.02. The largest absolute Gasteiger partial charge is 0.369 e. The fourth-order valence-electron chi connectivity index (χ4n) is 3.45. The Hall–Kier alpha value is -0.860. The smallest absolute Gasteiger partial charge is 0.0976 e. The van der Waals surface area contributed by atoms with Crippen molar-refractivity contribution in [3.63, 3.8) is 0 Å². The fourth-order valence-corrected chi connectivity index (χ4v) is 3.45. The van der Waals surface area contributed by atoms with Crippen molar-refractivity contribution in [1.29, 1.82) is 0 Å². The molecule has 2 N–H and O–H groups in total. The Bertz CT molecular complexity index is 402. The molecule has 2 heteroatoms. The Kier molecular flexibility index (Phi) is 5.22. The molecule has 1 aromatic rings. The van der Waals surface area contributed by atoms with Crippen LogP contribution in [-0.2, 0) is 4.74 Å². The molecule has 1 fully saturated rings. The number of aryl methyl sites for hydroxylation is 1. The third-order valence-electron chi connectivity index (χ3n) is 4.36. The molecule has 4 unspecified atom stereocenters. The highest BCUT2D eigenvalue weighted by molar-refractivity contribution is 5.24. The molecule has 0 bridgehead atoms. The van der Waals surface area contributed by atoms with Gasteiger partial charge in [0.25, 0.3) is 0 Å². The summed E-state index contributed by atoms with van der Waals surface area (Å²) >= 11 is 0. The quantitative estimate of drug-likeness (QED) is 0.892. The average molecular weight is 275 g/mol. The highest BCUT2D eigenvalue weighted by Crippen LogP contribution is 2.34. The van der Waals surface area contributed by atoms with E-state index in [4.69, 9.17) is 10.5 Å². The zero-order valence-corrected chi connectivity index (χ0v) is 13.3. The molecule has 20 heavy (non-hydrogen) atoms. The molecule has 1 aliphatic rings. The molecule has 0 amide bonds. The minimum absolute atomic E-state index is 0.0121. The molecule has 0 spiro atoms. The second-order valence-electron chi connectivity index (χ2n) is 6.87. The van der Waals surface area contributed by atoms with Crippen LogP contribution in [0.4, 0.5) is 0 Å². The summed E-state index contributed by atoms with van der Waals surface area (Å²) in [5.74, 6) is 1.52. The number of hydrogen-bond donors (Lipinski definition) is 1. The SMILES string of the molecule is Cc1ccc(C(OC2CC(C)CC(C)C2)C(C)N)cc1. The van der Waals surface area contributed by atoms with Crippen LogP contribution in [0.2, 0.25) is 0 Å². The Morgan fingerprint density at radius 1 is 1.05 bits per heavy atom. The highest BCUT2D eigenvalue weighted by atomic mass is 16.5. The number of ether oxygens (including phenoxy) is 1. The molecule has 1 aliphatic carbocycles. The van der Waals surface area contributed by atoms with E-state index in [1.807, 2.05) is 6.92 Å². The molecule has 0 radical (unpaired) electrons. The second-order valence-corrected chi connectivity index (χ2v) is 6.87. The number of rotatable bonds is 4. The topological polar surface area (TPSA) is 35.2 Å². The molecular formula is C18H29NO. The first kappa shape index (κ1) is 15.5. The summed E-state index contributed by atoms with van der Waals surface area (Å²) in [7, 11) is 0. The summed E-state index contributed by atoms with van der Waals surface area (Å²) in [6.45, 7) is 8.81. The molecule has 0 saturated heterocycles. The lowest BCUT2D eigenvalue weighted by molar-refractivity contribution is -0.0585. The number of hydrogen-bond acceptors (Lipinski definition) is 2.